The number of ether oxygens (including phenoxy) is 1. The Hall–Kier alpha value is -3.19. The predicted molar refractivity (Wildman–Crippen MR) is 104 cm³/mol. The Kier molecular flexibility index (Phi) is 5.11. The van der Waals surface area contributed by atoms with Gasteiger partial charge in [-0.15, -0.1) is 0 Å². The Labute approximate surface area is 157 Å². The van der Waals surface area contributed by atoms with Crippen LogP contribution in [0.3, 0.4) is 0 Å². The van der Waals surface area contributed by atoms with Gasteiger partial charge in [0.15, 0.2) is 5.82 Å². The van der Waals surface area contributed by atoms with Crippen LogP contribution in [0.2, 0.25) is 0 Å². The minimum atomic E-state index is 0.191. The molecule has 4 rings (SSSR count). The van der Waals surface area contributed by atoms with E-state index in [-0.39, 0.29) is 5.75 Å². The van der Waals surface area contributed by atoms with E-state index >= 15 is 0 Å². The third-order valence-electron chi connectivity index (χ3n) is 4.33. The highest BCUT2D eigenvalue weighted by atomic mass is 16.5. The molecule has 0 amide bonds. The molecule has 7 heteroatoms. The van der Waals surface area contributed by atoms with E-state index < -0.39 is 0 Å². The Morgan fingerprint density at radius 2 is 1.93 bits per heavy atom. The van der Waals surface area contributed by atoms with Crippen LogP contribution in [0.25, 0.3) is 11.4 Å². The maximum absolute atomic E-state index is 9.81. The fraction of sp³-hybridized carbons (Fsp3) is 0.250. The lowest BCUT2D eigenvalue weighted by atomic mass is 10.2. The molecular formula is C20H21N5O2. The highest BCUT2D eigenvalue weighted by Crippen LogP contribution is 2.25. The summed E-state index contributed by atoms with van der Waals surface area (Å²) in [6, 6.07) is 14.7. The number of aromatic nitrogens is 3. The standard InChI is InChI=1S/C20H21N5O2/c26-17-6-3-4-15(12-17)20-23-18(22-14-16-5-1-2-7-21-16)13-19(24-20)25-8-10-27-11-9-25/h1-7,12-13,26H,8-11,14H2,(H,22,23,24). The van der Waals surface area contributed by atoms with E-state index in [1.807, 2.05) is 30.3 Å². The number of rotatable bonds is 5. The van der Waals surface area contributed by atoms with Gasteiger partial charge in [-0.3, -0.25) is 4.98 Å². The number of phenolic OH excluding ortho intramolecular Hbond substituents is 1. The summed E-state index contributed by atoms with van der Waals surface area (Å²) in [7, 11) is 0. The minimum absolute atomic E-state index is 0.191. The summed E-state index contributed by atoms with van der Waals surface area (Å²) in [5, 5.41) is 13.1. The Balaban J connectivity index is 1.65. The average molecular weight is 363 g/mol. The number of pyridine rings is 1. The molecule has 138 valence electrons. The smallest absolute Gasteiger partial charge is 0.163 e. The summed E-state index contributed by atoms with van der Waals surface area (Å²) >= 11 is 0. The van der Waals surface area contributed by atoms with Crippen molar-refractivity contribution < 1.29 is 9.84 Å². The van der Waals surface area contributed by atoms with Crippen molar-refractivity contribution in [1.82, 2.24) is 15.0 Å². The lowest BCUT2D eigenvalue weighted by molar-refractivity contribution is 0.122. The summed E-state index contributed by atoms with van der Waals surface area (Å²) in [6.07, 6.45) is 1.77. The molecule has 0 spiro atoms. The van der Waals surface area contributed by atoms with Gasteiger partial charge in [-0.25, -0.2) is 9.97 Å². The molecule has 7 nitrogen and oxygen atoms in total. The van der Waals surface area contributed by atoms with Crippen LogP contribution < -0.4 is 10.2 Å². The van der Waals surface area contributed by atoms with Crippen molar-refractivity contribution in [2.75, 3.05) is 36.5 Å². The molecule has 27 heavy (non-hydrogen) atoms. The van der Waals surface area contributed by atoms with E-state index in [0.29, 0.717) is 25.6 Å². The highest BCUT2D eigenvalue weighted by Gasteiger charge is 2.16. The van der Waals surface area contributed by atoms with Crippen LogP contribution in [0.5, 0.6) is 5.75 Å². The van der Waals surface area contributed by atoms with Crippen LogP contribution in [0, 0.1) is 0 Å². The summed E-state index contributed by atoms with van der Waals surface area (Å²) in [6.45, 7) is 3.51. The summed E-state index contributed by atoms with van der Waals surface area (Å²) in [5.41, 5.74) is 1.70. The van der Waals surface area contributed by atoms with Crippen LogP contribution in [-0.4, -0.2) is 46.4 Å². The molecular weight excluding hydrogens is 342 g/mol. The van der Waals surface area contributed by atoms with Crippen molar-refractivity contribution in [2.45, 2.75) is 6.54 Å². The van der Waals surface area contributed by atoms with Gasteiger partial charge in [0.25, 0.3) is 0 Å². The van der Waals surface area contributed by atoms with Crippen molar-refractivity contribution in [3.63, 3.8) is 0 Å². The maximum atomic E-state index is 9.81. The molecule has 1 aliphatic heterocycles. The molecule has 3 heterocycles. The molecule has 0 saturated carbocycles. The van der Waals surface area contributed by atoms with Gasteiger partial charge < -0.3 is 20.1 Å². The fourth-order valence-electron chi connectivity index (χ4n) is 2.94. The first-order valence-corrected chi connectivity index (χ1v) is 8.93. The first-order chi connectivity index (χ1) is 13.3. The molecule has 0 radical (unpaired) electrons. The molecule has 1 aromatic carbocycles. The monoisotopic (exact) mass is 363 g/mol. The van der Waals surface area contributed by atoms with Crippen LogP contribution >= 0.6 is 0 Å². The number of benzene rings is 1. The quantitative estimate of drug-likeness (QED) is 0.721. The van der Waals surface area contributed by atoms with E-state index in [0.717, 1.165) is 36.0 Å². The number of morpholine rings is 1. The first kappa shape index (κ1) is 17.2. The molecule has 1 aliphatic rings. The number of nitrogens with one attached hydrogen (secondary N) is 1. The van der Waals surface area contributed by atoms with Crippen molar-refractivity contribution in [3.8, 4) is 17.1 Å². The zero-order chi connectivity index (χ0) is 18.5. The number of aromatic hydroxyl groups is 1. The van der Waals surface area contributed by atoms with Crippen molar-refractivity contribution >= 4 is 11.6 Å². The van der Waals surface area contributed by atoms with Gasteiger partial charge >= 0.3 is 0 Å². The number of anilines is 2. The van der Waals surface area contributed by atoms with Gasteiger partial charge in [-0.05, 0) is 24.3 Å². The summed E-state index contributed by atoms with van der Waals surface area (Å²) in [4.78, 5) is 15.9. The van der Waals surface area contributed by atoms with Crippen molar-refractivity contribution in [2.24, 2.45) is 0 Å². The average Bonchev–Trinajstić information content (AvgIpc) is 2.73. The van der Waals surface area contributed by atoms with Gasteiger partial charge in [-0.1, -0.05) is 18.2 Å². The molecule has 0 unspecified atom stereocenters. The lowest BCUT2D eigenvalue weighted by Crippen LogP contribution is -2.36. The topological polar surface area (TPSA) is 83.4 Å². The molecule has 1 fully saturated rings. The largest absolute Gasteiger partial charge is 0.508 e. The highest BCUT2D eigenvalue weighted by molar-refractivity contribution is 5.63. The van der Waals surface area contributed by atoms with Gasteiger partial charge in [0.05, 0.1) is 25.5 Å². The van der Waals surface area contributed by atoms with E-state index in [4.69, 9.17) is 9.72 Å². The zero-order valence-electron chi connectivity index (χ0n) is 14.9. The van der Waals surface area contributed by atoms with E-state index in [1.165, 1.54) is 0 Å². The van der Waals surface area contributed by atoms with Crippen LogP contribution in [-0.2, 0) is 11.3 Å². The molecule has 0 atom stereocenters. The fourth-order valence-corrected chi connectivity index (χ4v) is 2.94. The molecule has 1 saturated heterocycles. The number of hydrogen-bond acceptors (Lipinski definition) is 7. The van der Waals surface area contributed by atoms with Crippen LogP contribution in [0.4, 0.5) is 11.6 Å². The summed E-state index contributed by atoms with van der Waals surface area (Å²) in [5.74, 6) is 2.32. The SMILES string of the molecule is Oc1cccc(-c2nc(NCc3ccccn3)cc(N3CCOCC3)n2)c1. The Morgan fingerprint density at radius 1 is 1.04 bits per heavy atom. The van der Waals surface area contributed by atoms with Gasteiger partial charge in [-0.2, -0.15) is 0 Å². The zero-order valence-corrected chi connectivity index (χ0v) is 14.9. The van der Waals surface area contributed by atoms with Gasteiger partial charge in [0, 0.05) is 30.9 Å². The summed E-state index contributed by atoms with van der Waals surface area (Å²) < 4.78 is 5.45. The number of phenols is 1. The van der Waals surface area contributed by atoms with Crippen LogP contribution in [0.15, 0.2) is 54.7 Å². The van der Waals surface area contributed by atoms with Crippen molar-refractivity contribution in [1.29, 1.82) is 0 Å². The van der Waals surface area contributed by atoms with E-state index in [2.05, 4.69) is 20.2 Å². The van der Waals surface area contributed by atoms with Gasteiger partial charge in [0.1, 0.15) is 17.4 Å². The third kappa shape index (κ3) is 4.32. The van der Waals surface area contributed by atoms with E-state index in [1.54, 1.807) is 24.4 Å². The second-order valence-corrected chi connectivity index (χ2v) is 6.26. The molecule has 3 aromatic rings. The molecule has 2 N–H and O–H groups in total. The predicted octanol–water partition coefficient (Wildman–Crippen LogP) is 2.69. The molecule has 0 bridgehead atoms. The third-order valence-corrected chi connectivity index (χ3v) is 4.33. The minimum Gasteiger partial charge on any atom is -0.508 e. The Morgan fingerprint density at radius 3 is 2.70 bits per heavy atom. The van der Waals surface area contributed by atoms with Crippen LogP contribution in [0.1, 0.15) is 5.69 Å². The maximum Gasteiger partial charge on any atom is 0.163 e. The second kappa shape index (κ2) is 8.01. The Bertz CT molecular complexity index is 898. The van der Waals surface area contributed by atoms with Gasteiger partial charge in [0.2, 0.25) is 0 Å². The van der Waals surface area contributed by atoms with Crippen molar-refractivity contribution in [3.05, 3.63) is 60.4 Å². The molecule has 2 aromatic heterocycles. The second-order valence-electron chi connectivity index (χ2n) is 6.26. The normalized spacial score (nSPS) is 14.1. The lowest BCUT2D eigenvalue weighted by Gasteiger charge is -2.28. The van der Waals surface area contributed by atoms with E-state index in [9.17, 15) is 5.11 Å². The first-order valence-electron chi connectivity index (χ1n) is 8.93. The molecule has 0 aliphatic carbocycles. The number of hydrogen-bond donors (Lipinski definition) is 2. The number of nitrogens with zero attached hydrogens (tertiary/aromatic N) is 4.